The summed E-state index contributed by atoms with van der Waals surface area (Å²) in [4.78, 5) is 2.58. The van der Waals surface area contributed by atoms with Crippen LogP contribution in [0.15, 0.2) is 16.8 Å². The zero-order valence-electron chi connectivity index (χ0n) is 10.3. The monoisotopic (exact) mass is 238 g/mol. The molecule has 90 valence electrons. The van der Waals surface area contributed by atoms with Crippen molar-refractivity contribution >= 4 is 11.3 Å². The van der Waals surface area contributed by atoms with Gasteiger partial charge in [0.2, 0.25) is 0 Å². The molecule has 0 spiro atoms. The number of rotatable bonds is 4. The molecule has 1 aromatic rings. The molecule has 0 saturated carbocycles. The third-order valence-corrected chi connectivity index (χ3v) is 4.34. The van der Waals surface area contributed by atoms with E-state index >= 15 is 0 Å². The molecule has 2 rings (SSSR count). The Labute approximate surface area is 103 Å². The number of thiophene rings is 1. The van der Waals surface area contributed by atoms with Crippen LogP contribution in [0.1, 0.15) is 25.8 Å². The van der Waals surface area contributed by atoms with Crippen LogP contribution >= 0.6 is 11.3 Å². The molecule has 0 radical (unpaired) electrons. The molecular weight excluding hydrogens is 216 g/mol. The lowest BCUT2D eigenvalue weighted by Crippen LogP contribution is -2.52. The van der Waals surface area contributed by atoms with E-state index < -0.39 is 0 Å². The molecule has 2 unspecified atom stereocenters. The van der Waals surface area contributed by atoms with Crippen molar-refractivity contribution in [2.24, 2.45) is 5.92 Å². The fourth-order valence-electron chi connectivity index (χ4n) is 2.29. The van der Waals surface area contributed by atoms with Crippen LogP contribution in [0.5, 0.6) is 0 Å². The standard InChI is InChI=1S/C13H22N2S/c1-3-11(2)13-9-15(6-5-14-13)8-12-4-7-16-10-12/h4,7,10-11,13-14H,3,5-6,8-9H2,1-2H3. The van der Waals surface area contributed by atoms with Gasteiger partial charge in [0.15, 0.2) is 0 Å². The predicted octanol–water partition coefficient (Wildman–Crippen LogP) is 2.57. The normalized spacial score (nSPS) is 24.5. The molecule has 2 nitrogen and oxygen atoms in total. The molecule has 1 fully saturated rings. The third kappa shape index (κ3) is 3.06. The van der Waals surface area contributed by atoms with E-state index in [9.17, 15) is 0 Å². The first-order chi connectivity index (χ1) is 7.79. The Balaban J connectivity index is 1.87. The highest BCUT2D eigenvalue weighted by molar-refractivity contribution is 7.07. The molecule has 1 aliphatic heterocycles. The Morgan fingerprint density at radius 1 is 1.62 bits per heavy atom. The van der Waals surface area contributed by atoms with E-state index in [-0.39, 0.29) is 0 Å². The van der Waals surface area contributed by atoms with Crippen LogP contribution < -0.4 is 5.32 Å². The molecule has 3 heteroatoms. The number of nitrogens with one attached hydrogen (secondary N) is 1. The Bertz CT molecular complexity index is 297. The van der Waals surface area contributed by atoms with Crippen molar-refractivity contribution in [3.8, 4) is 0 Å². The fraction of sp³-hybridized carbons (Fsp3) is 0.692. The molecular formula is C13H22N2S. The lowest BCUT2D eigenvalue weighted by molar-refractivity contribution is 0.162. The summed E-state index contributed by atoms with van der Waals surface area (Å²) in [6, 6.07) is 2.92. The average molecular weight is 238 g/mol. The fourth-order valence-corrected chi connectivity index (χ4v) is 2.95. The minimum atomic E-state index is 0.678. The van der Waals surface area contributed by atoms with Gasteiger partial charge in [-0.05, 0) is 28.3 Å². The van der Waals surface area contributed by atoms with Crippen LogP contribution in [-0.2, 0) is 6.54 Å². The molecule has 0 amide bonds. The van der Waals surface area contributed by atoms with Crippen molar-refractivity contribution in [1.82, 2.24) is 10.2 Å². The number of piperazine rings is 1. The zero-order valence-corrected chi connectivity index (χ0v) is 11.1. The maximum atomic E-state index is 3.64. The summed E-state index contributed by atoms with van der Waals surface area (Å²) < 4.78 is 0. The van der Waals surface area contributed by atoms with Crippen molar-refractivity contribution in [3.63, 3.8) is 0 Å². The summed E-state index contributed by atoms with van der Waals surface area (Å²) in [5.74, 6) is 0.783. The molecule has 0 aliphatic carbocycles. The van der Waals surface area contributed by atoms with Crippen molar-refractivity contribution in [1.29, 1.82) is 0 Å². The van der Waals surface area contributed by atoms with E-state index in [1.165, 1.54) is 25.1 Å². The maximum Gasteiger partial charge on any atom is 0.0243 e. The van der Waals surface area contributed by atoms with Gasteiger partial charge in [0.05, 0.1) is 0 Å². The summed E-state index contributed by atoms with van der Waals surface area (Å²) >= 11 is 1.80. The van der Waals surface area contributed by atoms with Gasteiger partial charge in [0, 0.05) is 32.2 Å². The molecule has 1 aliphatic rings. The van der Waals surface area contributed by atoms with Crippen LogP contribution in [0.4, 0.5) is 0 Å². The largest absolute Gasteiger partial charge is 0.311 e. The molecule has 2 atom stereocenters. The second-order valence-electron chi connectivity index (χ2n) is 4.81. The molecule has 0 bridgehead atoms. The lowest BCUT2D eigenvalue weighted by Gasteiger charge is -2.36. The number of hydrogen-bond acceptors (Lipinski definition) is 3. The highest BCUT2D eigenvalue weighted by Crippen LogP contribution is 2.15. The lowest BCUT2D eigenvalue weighted by atomic mass is 9.97. The van der Waals surface area contributed by atoms with Gasteiger partial charge >= 0.3 is 0 Å². The molecule has 1 aromatic heterocycles. The smallest absolute Gasteiger partial charge is 0.0243 e. The van der Waals surface area contributed by atoms with E-state index in [1.54, 1.807) is 11.3 Å². The first-order valence-corrected chi connectivity index (χ1v) is 7.20. The minimum absolute atomic E-state index is 0.678. The van der Waals surface area contributed by atoms with Gasteiger partial charge in [-0.25, -0.2) is 0 Å². The topological polar surface area (TPSA) is 15.3 Å². The molecule has 16 heavy (non-hydrogen) atoms. The van der Waals surface area contributed by atoms with E-state index in [0.29, 0.717) is 6.04 Å². The van der Waals surface area contributed by atoms with Crippen LogP contribution in [0.2, 0.25) is 0 Å². The third-order valence-electron chi connectivity index (χ3n) is 3.61. The molecule has 0 aromatic carbocycles. The minimum Gasteiger partial charge on any atom is -0.311 e. The Morgan fingerprint density at radius 3 is 3.19 bits per heavy atom. The van der Waals surface area contributed by atoms with Gasteiger partial charge in [-0.15, -0.1) is 0 Å². The average Bonchev–Trinajstić information content (AvgIpc) is 2.81. The van der Waals surface area contributed by atoms with Gasteiger partial charge in [-0.3, -0.25) is 4.90 Å². The summed E-state index contributed by atoms with van der Waals surface area (Å²) in [6.07, 6.45) is 1.27. The quantitative estimate of drug-likeness (QED) is 0.867. The summed E-state index contributed by atoms with van der Waals surface area (Å²) in [5, 5.41) is 8.07. The second-order valence-corrected chi connectivity index (χ2v) is 5.59. The van der Waals surface area contributed by atoms with E-state index in [0.717, 1.165) is 19.0 Å². The second kappa shape index (κ2) is 5.80. The van der Waals surface area contributed by atoms with Gasteiger partial charge in [0.25, 0.3) is 0 Å². The summed E-state index contributed by atoms with van der Waals surface area (Å²) in [7, 11) is 0. The van der Waals surface area contributed by atoms with Gasteiger partial charge in [0.1, 0.15) is 0 Å². The van der Waals surface area contributed by atoms with E-state index in [4.69, 9.17) is 0 Å². The molecule has 2 heterocycles. The van der Waals surface area contributed by atoms with Crippen LogP contribution in [0.3, 0.4) is 0 Å². The molecule has 1 N–H and O–H groups in total. The van der Waals surface area contributed by atoms with Crippen molar-refractivity contribution in [2.75, 3.05) is 19.6 Å². The van der Waals surface area contributed by atoms with Crippen LogP contribution in [0, 0.1) is 5.92 Å². The highest BCUT2D eigenvalue weighted by Gasteiger charge is 2.22. The Kier molecular flexibility index (Phi) is 4.38. The predicted molar refractivity (Wildman–Crippen MR) is 70.8 cm³/mol. The summed E-state index contributed by atoms with van der Waals surface area (Å²) in [6.45, 7) is 9.28. The van der Waals surface area contributed by atoms with Crippen molar-refractivity contribution in [2.45, 2.75) is 32.9 Å². The van der Waals surface area contributed by atoms with Gasteiger partial charge in [-0.2, -0.15) is 11.3 Å². The Morgan fingerprint density at radius 2 is 2.50 bits per heavy atom. The van der Waals surface area contributed by atoms with Crippen LogP contribution in [-0.4, -0.2) is 30.6 Å². The Hall–Kier alpha value is -0.380. The van der Waals surface area contributed by atoms with Gasteiger partial charge < -0.3 is 5.32 Å². The first kappa shape index (κ1) is 12.1. The molecule has 1 saturated heterocycles. The summed E-state index contributed by atoms with van der Waals surface area (Å²) in [5.41, 5.74) is 1.47. The zero-order chi connectivity index (χ0) is 11.4. The van der Waals surface area contributed by atoms with Crippen LogP contribution in [0.25, 0.3) is 0 Å². The van der Waals surface area contributed by atoms with E-state index in [1.807, 2.05) is 0 Å². The van der Waals surface area contributed by atoms with Crippen molar-refractivity contribution < 1.29 is 0 Å². The van der Waals surface area contributed by atoms with Crippen molar-refractivity contribution in [3.05, 3.63) is 22.4 Å². The maximum absolute atomic E-state index is 3.64. The van der Waals surface area contributed by atoms with E-state index in [2.05, 4.69) is 40.9 Å². The highest BCUT2D eigenvalue weighted by atomic mass is 32.1. The number of hydrogen-bond donors (Lipinski definition) is 1. The first-order valence-electron chi connectivity index (χ1n) is 6.26. The number of nitrogens with zero attached hydrogens (tertiary/aromatic N) is 1. The van der Waals surface area contributed by atoms with Gasteiger partial charge in [-0.1, -0.05) is 20.3 Å². The SMILES string of the molecule is CCC(C)C1CN(Cc2ccsc2)CCN1.